The molecular weight excluding hydrogens is 690 g/mol. The van der Waals surface area contributed by atoms with Crippen molar-refractivity contribution >= 4 is 11.4 Å². The summed E-state index contributed by atoms with van der Waals surface area (Å²) in [6, 6.07) is 30.6. The van der Waals surface area contributed by atoms with Crippen LogP contribution >= 0.6 is 0 Å². The number of anilines is 2. The van der Waals surface area contributed by atoms with Crippen LogP contribution in [0.1, 0.15) is 55.6 Å². The lowest BCUT2D eigenvalue weighted by Gasteiger charge is -2.35. The van der Waals surface area contributed by atoms with Gasteiger partial charge in [0.25, 0.3) is 0 Å². The summed E-state index contributed by atoms with van der Waals surface area (Å²) in [6.45, 7) is 7.15. The number of hydrogen-bond acceptors (Lipinski definition) is 4. The summed E-state index contributed by atoms with van der Waals surface area (Å²) in [6.07, 6.45) is -9.39. The molecular formula is C43H34F6N2O2. The Bertz CT molecular complexity index is 2200. The fourth-order valence-corrected chi connectivity index (χ4v) is 7.62. The number of benzene rings is 6. The maximum Gasteiger partial charge on any atom is 0.420 e. The van der Waals surface area contributed by atoms with Gasteiger partial charge < -0.3 is 20.9 Å². The van der Waals surface area contributed by atoms with E-state index in [9.17, 15) is 26.3 Å². The zero-order valence-corrected chi connectivity index (χ0v) is 29.1. The SMILES string of the molecule is Cc1cc(C2(c3cc(C)c(Oc4ccc(N)cc4C(F)(F)F)c(C)c3)c3ccccc3-c3ccccc32)cc(C)c1Oc1ccc(N)cc1C(F)(F)F. The number of fused-ring (bicyclic) bond motifs is 3. The molecule has 270 valence electrons. The van der Waals surface area contributed by atoms with Gasteiger partial charge in [-0.1, -0.05) is 72.8 Å². The van der Waals surface area contributed by atoms with E-state index in [4.69, 9.17) is 20.9 Å². The number of ether oxygens (including phenoxy) is 2. The van der Waals surface area contributed by atoms with Gasteiger partial charge in [0.05, 0.1) is 5.41 Å². The second kappa shape index (κ2) is 12.6. The molecule has 0 amide bonds. The van der Waals surface area contributed by atoms with Gasteiger partial charge in [0.1, 0.15) is 34.1 Å². The van der Waals surface area contributed by atoms with E-state index >= 15 is 0 Å². The van der Waals surface area contributed by atoms with E-state index in [0.717, 1.165) is 45.5 Å². The van der Waals surface area contributed by atoms with Gasteiger partial charge in [0, 0.05) is 11.4 Å². The van der Waals surface area contributed by atoms with Crippen LogP contribution in [0.25, 0.3) is 11.1 Å². The molecule has 0 saturated heterocycles. The molecule has 1 aliphatic carbocycles. The second-order valence-corrected chi connectivity index (χ2v) is 13.4. The van der Waals surface area contributed by atoms with Crippen LogP contribution in [0.4, 0.5) is 37.7 Å². The van der Waals surface area contributed by atoms with E-state index in [-0.39, 0.29) is 34.4 Å². The van der Waals surface area contributed by atoms with E-state index in [1.165, 1.54) is 24.3 Å². The highest BCUT2D eigenvalue weighted by atomic mass is 19.4. The molecule has 53 heavy (non-hydrogen) atoms. The van der Waals surface area contributed by atoms with Gasteiger partial charge in [-0.15, -0.1) is 0 Å². The molecule has 0 bridgehead atoms. The van der Waals surface area contributed by atoms with Gasteiger partial charge >= 0.3 is 12.4 Å². The molecule has 6 aromatic rings. The fraction of sp³-hybridized carbons (Fsp3) is 0.163. The molecule has 0 fully saturated rings. The van der Waals surface area contributed by atoms with Crippen molar-refractivity contribution in [3.63, 3.8) is 0 Å². The van der Waals surface area contributed by atoms with Crippen molar-refractivity contribution in [2.75, 3.05) is 11.5 Å². The van der Waals surface area contributed by atoms with Gasteiger partial charge in [-0.05, 0) is 120 Å². The summed E-state index contributed by atoms with van der Waals surface area (Å²) >= 11 is 0. The van der Waals surface area contributed by atoms with E-state index in [1.807, 2.05) is 72.8 Å². The summed E-state index contributed by atoms with van der Waals surface area (Å²) in [5.74, 6) is -0.181. The topological polar surface area (TPSA) is 70.5 Å². The quantitative estimate of drug-likeness (QED) is 0.132. The van der Waals surface area contributed by atoms with Crippen LogP contribution in [0.3, 0.4) is 0 Å². The normalized spacial score (nSPS) is 13.4. The number of rotatable bonds is 6. The number of nitrogen functional groups attached to an aromatic ring is 2. The molecule has 10 heteroatoms. The highest BCUT2D eigenvalue weighted by Crippen LogP contribution is 2.57. The Morgan fingerprint density at radius 3 is 1.15 bits per heavy atom. The lowest BCUT2D eigenvalue weighted by Crippen LogP contribution is -2.29. The molecule has 0 saturated carbocycles. The van der Waals surface area contributed by atoms with Crippen molar-refractivity contribution < 1.29 is 35.8 Å². The van der Waals surface area contributed by atoms with Gasteiger partial charge in [-0.2, -0.15) is 26.3 Å². The molecule has 0 aliphatic heterocycles. The lowest BCUT2D eigenvalue weighted by atomic mass is 9.66. The average molecular weight is 725 g/mol. The smallest absolute Gasteiger partial charge is 0.420 e. The Kier molecular flexibility index (Phi) is 8.47. The standard InChI is InChI=1S/C43H34F6N2O2/c1-23-17-27(18-24(2)39(23)52-37-15-13-29(50)21-35(37)42(44,45)46)41(33-11-7-5-9-31(33)32-10-6-8-12-34(32)41)28-19-25(3)40(26(4)20-28)53-38-16-14-30(51)22-36(38)43(47,48)49/h5-22H,50-51H2,1-4H3. The first-order chi connectivity index (χ1) is 25.0. The van der Waals surface area contributed by atoms with Gasteiger partial charge in [0.15, 0.2) is 0 Å². The second-order valence-electron chi connectivity index (χ2n) is 13.4. The van der Waals surface area contributed by atoms with Crippen LogP contribution in [0, 0.1) is 27.7 Å². The Labute approximate surface area is 302 Å². The average Bonchev–Trinajstić information content (AvgIpc) is 3.39. The zero-order chi connectivity index (χ0) is 38.0. The molecule has 6 aromatic carbocycles. The molecule has 0 unspecified atom stereocenters. The van der Waals surface area contributed by atoms with Gasteiger partial charge in [-0.25, -0.2) is 0 Å². The first-order valence-corrected chi connectivity index (χ1v) is 16.7. The minimum atomic E-state index is -4.69. The molecule has 1 aliphatic rings. The Balaban J connectivity index is 1.43. The molecule has 0 heterocycles. The van der Waals surface area contributed by atoms with Crippen LogP contribution in [0.2, 0.25) is 0 Å². The van der Waals surface area contributed by atoms with E-state index in [1.54, 1.807) is 27.7 Å². The summed E-state index contributed by atoms with van der Waals surface area (Å²) in [5, 5.41) is 0. The monoisotopic (exact) mass is 724 g/mol. The molecule has 7 rings (SSSR count). The first kappa shape index (κ1) is 35.5. The van der Waals surface area contributed by atoms with Crippen LogP contribution in [-0.2, 0) is 17.8 Å². The number of aryl methyl sites for hydroxylation is 4. The third-order valence-electron chi connectivity index (χ3n) is 9.78. The Morgan fingerprint density at radius 2 is 0.811 bits per heavy atom. The molecule has 0 radical (unpaired) electrons. The minimum absolute atomic E-state index is 0.0368. The number of halogens is 6. The van der Waals surface area contributed by atoms with Crippen LogP contribution in [-0.4, -0.2) is 0 Å². The Hall–Kier alpha value is -5.90. The van der Waals surface area contributed by atoms with E-state index < -0.39 is 28.9 Å². The third-order valence-corrected chi connectivity index (χ3v) is 9.78. The number of alkyl halides is 6. The van der Waals surface area contributed by atoms with Crippen molar-refractivity contribution in [3.8, 4) is 34.1 Å². The number of nitrogens with two attached hydrogens (primary N) is 2. The summed E-state index contributed by atoms with van der Waals surface area (Å²) < 4.78 is 96.2. The third kappa shape index (κ3) is 6.01. The summed E-state index contributed by atoms with van der Waals surface area (Å²) in [5.41, 5.74) is 16.4. The van der Waals surface area contributed by atoms with Crippen molar-refractivity contribution in [2.24, 2.45) is 0 Å². The maximum atomic E-state index is 14.0. The van der Waals surface area contributed by atoms with Crippen molar-refractivity contribution in [1.82, 2.24) is 0 Å². The van der Waals surface area contributed by atoms with Crippen LogP contribution in [0.15, 0.2) is 109 Å². The van der Waals surface area contributed by atoms with E-state index in [2.05, 4.69) is 0 Å². The van der Waals surface area contributed by atoms with Crippen LogP contribution < -0.4 is 20.9 Å². The first-order valence-electron chi connectivity index (χ1n) is 16.7. The Morgan fingerprint density at radius 1 is 0.472 bits per heavy atom. The molecule has 4 nitrogen and oxygen atoms in total. The predicted octanol–water partition coefficient (Wildman–Crippen LogP) is 12.1. The molecule has 4 N–H and O–H groups in total. The van der Waals surface area contributed by atoms with Crippen molar-refractivity contribution in [1.29, 1.82) is 0 Å². The van der Waals surface area contributed by atoms with E-state index in [0.29, 0.717) is 22.3 Å². The highest BCUT2D eigenvalue weighted by molar-refractivity contribution is 5.86. The minimum Gasteiger partial charge on any atom is -0.456 e. The molecule has 0 atom stereocenters. The number of hydrogen-bond donors (Lipinski definition) is 2. The fourth-order valence-electron chi connectivity index (χ4n) is 7.62. The molecule has 0 aromatic heterocycles. The van der Waals surface area contributed by atoms with Crippen LogP contribution in [0.5, 0.6) is 23.0 Å². The lowest BCUT2D eigenvalue weighted by molar-refractivity contribution is -0.139. The molecule has 0 spiro atoms. The zero-order valence-electron chi connectivity index (χ0n) is 29.1. The van der Waals surface area contributed by atoms with Crippen molar-refractivity contribution in [2.45, 2.75) is 45.5 Å². The summed E-state index contributed by atoms with van der Waals surface area (Å²) in [7, 11) is 0. The summed E-state index contributed by atoms with van der Waals surface area (Å²) in [4.78, 5) is 0. The van der Waals surface area contributed by atoms with Gasteiger partial charge in [0.2, 0.25) is 0 Å². The predicted molar refractivity (Wildman–Crippen MR) is 195 cm³/mol. The largest absolute Gasteiger partial charge is 0.456 e. The van der Waals surface area contributed by atoms with Crippen molar-refractivity contribution in [3.05, 3.63) is 165 Å². The van der Waals surface area contributed by atoms with Gasteiger partial charge in [-0.3, -0.25) is 0 Å². The highest BCUT2D eigenvalue weighted by Gasteiger charge is 2.47. The maximum absolute atomic E-state index is 14.0.